The van der Waals surface area contributed by atoms with Crippen LogP contribution in [0.4, 0.5) is 0 Å². The lowest BCUT2D eigenvalue weighted by Crippen LogP contribution is -2.45. The Kier molecular flexibility index (Phi) is 4.15. The average Bonchev–Trinajstić information content (AvgIpc) is 2.37. The molecule has 110 valence electrons. The molecule has 2 rings (SSSR count). The topological polar surface area (TPSA) is 80.5 Å². The van der Waals surface area contributed by atoms with Crippen molar-refractivity contribution >= 4 is 15.7 Å². The Hall–Kier alpha value is -1.40. The summed E-state index contributed by atoms with van der Waals surface area (Å²) in [4.78, 5) is 14.4. The Balaban J connectivity index is 2.34. The maximum Gasteiger partial charge on any atom is 0.254 e. The first kappa shape index (κ1) is 15.0. The highest BCUT2D eigenvalue weighted by atomic mass is 32.2. The van der Waals surface area contributed by atoms with Gasteiger partial charge >= 0.3 is 0 Å². The second-order valence-corrected chi connectivity index (χ2v) is 7.42. The van der Waals surface area contributed by atoms with Gasteiger partial charge in [-0.25, -0.2) is 8.42 Å². The van der Waals surface area contributed by atoms with E-state index < -0.39 is 9.84 Å². The van der Waals surface area contributed by atoms with Crippen LogP contribution in [0.5, 0.6) is 0 Å². The van der Waals surface area contributed by atoms with Crippen molar-refractivity contribution in [2.45, 2.75) is 30.7 Å². The van der Waals surface area contributed by atoms with E-state index in [1.54, 1.807) is 11.0 Å². The summed E-state index contributed by atoms with van der Waals surface area (Å²) in [5, 5.41) is 0. The predicted octanol–water partition coefficient (Wildman–Crippen LogP) is 0.962. The Labute approximate surface area is 119 Å². The summed E-state index contributed by atoms with van der Waals surface area (Å²) >= 11 is 0. The highest BCUT2D eigenvalue weighted by molar-refractivity contribution is 7.90. The van der Waals surface area contributed by atoms with Crippen molar-refractivity contribution in [1.29, 1.82) is 0 Å². The first-order chi connectivity index (χ1) is 9.29. The molecule has 6 heteroatoms. The summed E-state index contributed by atoms with van der Waals surface area (Å²) in [6.07, 6.45) is 2.95. The highest BCUT2D eigenvalue weighted by Gasteiger charge is 2.24. The van der Waals surface area contributed by atoms with Crippen LogP contribution in [0, 0.1) is 6.92 Å². The van der Waals surface area contributed by atoms with Gasteiger partial charge in [0.25, 0.3) is 5.91 Å². The molecule has 1 aromatic carbocycles. The van der Waals surface area contributed by atoms with Crippen molar-refractivity contribution in [1.82, 2.24) is 4.90 Å². The second kappa shape index (κ2) is 5.54. The van der Waals surface area contributed by atoms with Gasteiger partial charge in [-0.15, -0.1) is 0 Å². The second-order valence-electron chi connectivity index (χ2n) is 5.40. The molecule has 0 saturated carbocycles. The number of sulfone groups is 1. The van der Waals surface area contributed by atoms with E-state index in [-0.39, 0.29) is 16.8 Å². The Bertz CT molecular complexity index is 625. The molecule has 1 heterocycles. The van der Waals surface area contributed by atoms with E-state index in [0.717, 1.165) is 24.7 Å². The van der Waals surface area contributed by atoms with Gasteiger partial charge in [-0.2, -0.15) is 0 Å². The molecule has 0 aliphatic carbocycles. The fourth-order valence-corrected chi connectivity index (χ4v) is 3.07. The molecule has 0 unspecified atom stereocenters. The van der Waals surface area contributed by atoms with Crippen LogP contribution in [0.2, 0.25) is 0 Å². The van der Waals surface area contributed by atoms with Crippen molar-refractivity contribution in [3.8, 4) is 0 Å². The van der Waals surface area contributed by atoms with Gasteiger partial charge < -0.3 is 10.6 Å². The molecule has 0 radical (unpaired) electrons. The number of piperidine rings is 1. The SMILES string of the molecule is Cc1ccc(S(C)(=O)=O)cc1C(=O)N1CCC[C@H](N)C1. The number of nitrogens with two attached hydrogens (primary N) is 1. The van der Waals surface area contributed by atoms with E-state index in [9.17, 15) is 13.2 Å². The quantitative estimate of drug-likeness (QED) is 0.881. The van der Waals surface area contributed by atoms with Crippen molar-refractivity contribution in [2.75, 3.05) is 19.3 Å². The van der Waals surface area contributed by atoms with Crippen LogP contribution in [-0.4, -0.2) is 44.6 Å². The third-order valence-corrected chi connectivity index (χ3v) is 4.72. The number of aryl methyl sites for hydroxylation is 1. The summed E-state index contributed by atoms with van der Waals surface area (Å²) < 4.78 is 23.2. The van der Waals surface area contributed by atoms with Gasteiger partial charge in [-0.3, -0.25) is 4.79 Å². The predicted molar refractivity (Wildman–Crippen MR) is 77.4 cm³/mol. The molecular weight excluding hydrogens is 276 g/mol. The normalized spacial score (nSPS) is 19.9. The Morgan fingerprint density at radius 3 is 2.70 bits per heavy atom. The van der Waals surface area contributed by atoms with Crippen molar-refractivity contribution < 1.29 is 13.2 Å². The molecule has 0 spiro atoms. The molecule has 0 bridgehead atoms. The standard InChI is InChI=1S/C14H20N2O3S/c1-10-5-6-12(20(2,18)19)8-13(10)14(17)16-7-3-4-11(15)9-16/h5-6,8,11H,3-4,7,9,15H2,1-2H3/t11-/m0/s1. The van der Waals surface area contributed by atoms with Crippen LogP contribution in [0.3, 0.4) is 0 Å². The third kappa shape index (κ3) is 3.19. The van der Waals surface area contributed by atoms with Gasteiger partial charge in [0, 0.05) is 31.0 Å². The van der Waals surface area contributed by atoms with Gasteiger partial charge in [-0.1, -0.05) is 6.07 Å². The van der Waals surface area contributed by atoms with Crippen LogP contribution in [-0.2, 0) is 9.84 Å². The molecule has 2 N–H and O–H groups in total. The number of hydrogen-bond acceptors (Lipinski definition) is 4. The van der Waals surface area contributed by atoms with E-state index in [2.05, 4.69) is 0 Å². The number of likely N-dealkylation sites (tertiary alicyclic amines) is 1. The van der Waals surface area contributed by atoms with Crippen molar-refractivity contribution in [3.63, 3.8) is 0 Å². The molecule has 1 fully saturated rings. The lowest BCUT2D eigenvalue weighted by atomic mass is 10.0. The number of nitrogens with zero attached hydrogens (tertiary/aromatic N) is 1. The van der Waals surface area contributed by atoms with Gasteiger partial charge in [0.1, 0.15) is 0 Å². The lowest BCUT2D eigenvalue weighted by molar-refractivity contribution is 0.0708. The fourth-order valence-electron chi connectivity index (χ4n) is 2.43. The van der Waals surface area contributed by atoms with Crippen LogP contribution >= 0.6 is 0 Å². The molecule has 5 nitrogen and oxygen atoms in total. The fraction of sp³-hybridized carbons (Fsp3) is 0.500. The molecule has 1 saturated heterocycles. The molecule has 0 aromatic heterocycles. The van der Waals surface area contributed by atoms with Crippen LogP contribution in [0.15, 0.2) is 23.1 Å². The van der Waals surface area contributed by atoms with Gasteiger partial charge in [0.15, 0.2) is 9.84 Å². The molecule has 1 atom stereocenters. The third-order valence-electron chi connectivity index (χ3n) is 3.61. The highest BCUT2D eigenvalue weighted by Crippen LogP contribution is 2.19. The Morgan fingerprint density at radius 2 is 2.10 bits per heavy atom. The smallest absolute Gasteiger partial charge is 0.254 e. The van der Waals surface area contributed by atoms with E-state index in [1.807, 2.05) is 6.92 Å². The monoisotopic (exact) mass is 296 g/mol. The summed E-state index contributed by atoms with van der Waals surface area (Å²) in [5.74, 6) is -0.136. The van der Waals surface area contributed by atoms with Gasteiger partial charge in [0.05, 0.1) is 4.90 Å². The number of rotatable bonds is 2. The zero-order valence-electron chi connectivity index (χ0n) is 11.8. The van der Waals surface area contributed by atoms with E-state index in [4.69, 9.17) is 5.73 Å². The summed E-state index contributed by atoms with van der Waals surface area (Å²) in [7, 11) is -3.31. The van der Waals surface area contributed by atoms with Gasteiger partial charge in [0.2, 0.25) is 0 Å². The van der Waals surface area contributed by atoms with E-state index in [1.165, 1.54) is 12.1 Å². The number of hydrogen-bond donors (Lipinski definition) is 1. The van der Waals surface area contributed by atoms with E-state index in [0.29, 0.717) is 18.7 Å². The minimum atomic E-state index is -3.31. The minimum Gasteiger partial charge on any atom is -0.337 e. The first-order valence-electron chi connectivity index (χ1n) is 6.64. The first-order valence-corrected chi connectivity index (χ1v) is 8.54. The van der Waals surface area contributed by atoms with Crippen molar-refractivity contribution in [2.24, 2.45) is 5.73 Å². The molecule has 20 heavy (non-hydrogen) atoms. The molecule has 1 aliphatic heterocycles. The molecule has 1 aliphatic rings. The van der Waals surface area contributed by atoms with E-state index >= 15 is 0 Å². The van der Waals surface area contributed by atoms with Crippen molar-refractivity contribution in [3.05, 3.63) is 29.3 Å². The molecule has 1 aromatic rings. The van der Waals surface area contributed by atoms with Crippen LogP contribution in [0.1, 0.15) is 28.8 Å². The maximum atomic E-state index is 12.5. The number of amides is 1. The Morgan fingerprint density at radius 1 is 1.40 bits per heavy atom. The summed E-state index contributed by atoms with van der Waals surface area (Å²) in [6.45, 7) is 3.01. The molecule has 1 amide bonds. The minimum absolute atomic E-state index is 0.00564. The zero-order chi connectivity index (χ0) is 14.9. The average molecular weight is 296 g/mol. The number of carbonyl (C=O) groups is 1. The van der Waals surface area contributed by atoms with Crippen LogP contribution in [0.25, 0.3) is 0 Å². The lowest BCUT2D eigenvalue weighted by Gasteiger charge is -2.31. The number of carbonyl (C=O) groups excluding carboxylic acids is 1. The summed E-state index contributed by atoms with van der Waals surface area (Å²) in [6, 6.07) is 4.68. The number of benzene rings is 1. The molecular formula is C14H20N2O3S. The largest absolute Gasteiger partial charge is 0.337 e. The van der Waals surface area contributed by atoms with Gasteiger partial charge in [-0.05, 0) is 37.5 Å². The maximum absolute atomic E-state index is 12.5. The zero-order valence-corrected chi connectivity index (χ0v) is 12.6. The van der Waals surface area contributed by atoms with Crippen LogP contribution < -0.4 is 5.73 Å². The summed E-state index contributed by atoms with van der Waals surface area (Å²) in [5.41, 5.74) is 7.11.